The number of nitrogens with zero attached hydrogens (tertiary/aromatic N) is 1. The van der Waals surface area contributed by atoms with E-state index in [1.54, 1.807) is 6.92 Å². The largest absolute Gasteiger partial charge is 0.443 e. The highest BCUT2D eigenvalue weighted by Crippen LogP contribution is 2.00. The Morgan fingerprint density at radius 3 is 2.47 bits per heavy atom. The standard InChI is InChI=1S/C11H18N2O4/c1-5-8(4)13-17-10(14)6-9(12)16-11(15)7(2)3/h9H,2,5-6,12H2,1,3-4H3. The topological polar surface area (TPSA) is 91.0 Å². The maximum Gasteiger partial charge on any atom is 0.340 e. The van der Waals surface area contributed by atoms with Crippen molar-refractivity contribution >= 4 is 17.7 Å². The van der Waals surface area contributed by atoms with Crippen molar-refractivity contribution in [3.05, 3.63) is 12.2 Å². The van der Waals surface area contributed by atoms with Crippen molar-refractivity contribution in [3.63, 3.8) is 0 Å². The van der Waals surface area contributed by atoms with E-state index in [4.69, 9.17) is 10.5 Å². The second-order valence-corrected chi connectivity index (χ2v) is 3.57. The van der Waals surface area contributed by atoms with Gasteiger partial charge in [0.05, 0.1) is 12.1 Å². The molecular formula is C11H18N2O4. The van der Waals surface area contributed by atoms with Gasteiger partial charge >= 0.3 is 11.9 Å². The maximum absolute atomic E-state index is 11.2. The van der Waals surface area contributed by atoms with Crippen molar-refractivity contribution in [2.45, 2.75) is 39.8 Å². The Hall–Kier alpha value is -1.69. The molecule has 1 atom stereocenters. The third-order valence-electron chi connectivity index (χ3n) is 1.79. The molecule has 1 unspecified atom stereocenters. The van der Waals surface area contributed by atoms with Gasteiger partial charge in [0.2, 0.25) is 0 Å². The van der Waals surface area contributed by atoms with Gasteiger partial charge in [0.25, 0.3) is 0 Å². The first-order chi connectivity index (χ1) is 7.86. The molecule has 17 heavy (non-hydrogen) atoms. The molecule has 0 aliphatic heterocycles. The maximum atomic E-state index is 11.2. The summed E-state index contributed by atoms with van der Waals surface area (Å²) in [7, 11) is 0. The molecule has 0 aromatic heterocycles. The smallest absolute Gasteiger partial charge is 0.340 e. The van der Waals surface area contributed by atoms with Gasteiger partial charge in [-0.05, 0) is 20.3 Å². The lowest BCUT2D eigenvalue weighted by atomic mass is 10.3. The monoisotopic (exact) mass is 242 g/mol. The summed E-state index contributed by atoms with van der Waals surface area (Å²) in [6.07, 6.45) is -0.618. The number of nitrogens with two attached hydrogens (primary N) is 1. The van der Waals surface area contributed by atoms with Crippen LogP contribution in [0, 0.1) is 0 Å². The Bertz CT molecular complexity index is 336. The Morgan fingerprint density at radius 1 is 1.41 bits per heavy atom. The minimum Gasteiger partial charge on any atom is -0.443 e. The minimum atomic E-state index is -1.05. The number of rotatable bonds is 6. The summed E-state index contributed by atoms with van der Waals surface area (Å²) in [5.74, 6) is -1.29. The highest BCUT2D eigenvalue weighted by atomic mass is 16.7. The van der Waals surface area contributed by atoms with E-state index in [9.17, 15) is 9.59 Å². The molecule has 6 heteroatoms. The van der Waals surface area contributed by atoms with E-state index < -0.39 is 18.2 Å². The van der Waals surface area contributed by atoms with Crippen molar-refractivity contribution in [3.8, 4) is 0 Å². The molecule has 0 aliphatic rings. The van der Waals surface area contributed by atoms with E-state index >= 15 is 0 Å². The van der Waals surface area contributed by atoms with E-state index in [-0.39, 0.29) is 12.0 Å². The molecule has 0 saturated heterocycles. The number of carbonyl (C=O) groups is 2. The fourth-order valence-electron chi connectivity index (χ4n) is 0.675. The lowest BCUT2D eigenvalue weighted by Gasteiger charge is -2.11. The van der Waals surface area contributed by atoms with Gasteiger partial charge in [0.15, 0.2) is 6.23 Å². The van der Waals surface area contributed by atoms with Crippen LogP contribution >= 0.6 is 0 Å². The Kier molecular flexibility index (Phi) is 6.81. The fourth-order valence-corrected chi connectivity index (χ4v) is 0.675. The third-order valence-corrected chi connectivity index (χ3v) is 1.79. The predicted molar refractivity (Wildman–Crippen MR) is 63.0 cm³/mol. The van der Waals surface area contributed by atoms with Crippen molar-refractivity contribution < 1.29 is 19.2 Å². The number of esters is 1. The van der Waals surface area contributed by atoms with Crippen molar-refractivity contribution in [2.75, 3.05) is 0 Å². The van der Waals surface area contributed by atoms with Gasteiger partial charge in [-0.15, -0.1) is 0 Å². The number of carbonyl (C=O) groups excluding carboxylic acids is 2. The summed E-state index contributed by atoms with van der Waals surface area (Å²) < 4.78 is 4.71. The average molecular weight is 242 g/mol. The van der Waals surface area contributed by atoms with Crippen LogP contribution in [0.4, 0.5) is 0 Å². The second kappa shape index (κ2) is 7.56. The van der Waals surface area contributed by atoms with Crippen LogP contribution in [0.15, 0.2) is 17.3 Å². The van der Waals surface area contributed by atoms with Crippen molar-refractivity contribution in [2.24, 2.45) is 10.9 Å². The van der Waals surface area contributed by atoms with Gasteiger partial charge < -0.3 is 9.57 Å². The molecule has 0 bridgehead atoms. The lowest BCUT2D eigenvalue weighted by molar-refractivity contribution is -0.152. The van der Waals surface area contributed by atoms with Crippen LogP contribution in [0.2, 0.25) is 0 Å². The predicted octanol–water partition coefficient (Wildman–Crippen LogP) is 1.11. The summed E-state index contributed by atoms with van der Waals surface area (Å²) in [5.41, 5.74) is 6.32. The molecule has 0 aliphatic carbocycles. The van der Waals surface area contributed by atoms with Crippen LogP contribution in [0.1, 0.15) is 33.6 Å². The molecule has 0 radical (unpaired) electrons. The Labute approximate surface area is 100 Å². The SMILES string of the molecule is C=C(C)C(=O)OC(N)CC(=O)ON=C(C)CC. The molecular weight excluding hydrogens is 224 g/mol. The first-order valence-corrected chi connectivity index (χ1v) is 5.22. The lowest BCUT2D eigenvalue weighted by Crippen LogP contribution is -2.30. The summed E-state index contributed by atoms with van der Waals surface area (Å²) in [6.45, 7) is 8.49. The van der Waals surface area contributed by atoms with Gasteiger partial charge in [-0.25, -0.2) is 9.59 Å². The van der Waals surface area contributed by atoms with E-state index in [1.807, 2.05) is 6.92 Å². The summed E-state index contributed by atoms with van der Waals surface area (Å²) in [6, 6.07) is 0. The fraction of sp³-hybridized carbons (Fsp3) is 0.545. The zero-order chi connectivity index (χ0) is 13.4. The van der Waals surface area contributed by atoms with Crippen LogP contribution in [-0.4, -0.2) is 23.9 Å². The van der Waals surface area contributed by atoms with Crippen LogP contribution < -0.4 is 5.73 Å². The summed E-state index contributed by atoms with van der Waals surface area (Å²) in [5, 5.41) is 3.56. The van der Waals surface area contributed by atoms with E-state index in [2.05, 4.69) is 16.6 Å². The minimum absolute atomic E-state index is 0.216. The molecule has 0 aromatic carbocycles. The van der Waals surface area contributed by atoms with Gasteiger partial charge in [0.1, 0.15) is 0 Å². The highest BCUT2D eigenvalue weighted by Gasteiger charge is 2.15. The molecule has 6 nitrogen and oxygen atoms in total. The summed E-state index contributed by atoms with van der Waals surface area (Å²) in [4.78, 5) is 26.8. The van der Waals surface area contributed by atoms with Crippen LogP contribution in [0.3, 0.4) is 0 Å². The summed E-state index contributed by atoms with van der Waals surface area (Å²) >= 11 is 0. The first kappa shape index (κ1) is 15.3. The van der Waals surface area contributed by atoms with Crippen molar-refractivity contribution in [1.29, 1.82) is 0 Å². The highest BCUT2D eigenvalue weighted by molar-refractivity contribution is 5.87. The Morgan fingerprint density at radius 2 is 2.00 bits per heavy atom. The van der Waals surface area contributed by atoms with E-state index in [0.717, 1.165) is 0 Å². The second-order valence-electron chi connectivity index (χ2n) is 3.57. The molecule has 0 saturated carbocycles. The average Bonchev–Trinajstić information content (AvgIpc) is 2.25. The van der Waals surface area contributed by atoms with E-state index in [0.29, 0.717) is 12.1 Å². The number of ether oxygens (including phenoxy) is 1. The van der Waals surface area contributed by atoms with E-state index in [1.165, 1.54) is 6.92 Å². The van der Waals surface area contributed by atoms with Gasteiger partial charge in [-0.3, -0.25) is 5.73 Å². The molecule has 2 N–H and O–H groups in total. The molecule has 96 valence electrons. The van der Waals surface area contributed by atoms with Crippen LogP contribution in [-0.2, 0) is 19.2 Å². The molecule has 0 rings (SSSR count). The number of oxime groups is 1. The number of hydrogen-bond acceptors (Lipinski definition) is 6. The van der Waals surface area contributed by atoms with Crippen LogP contribution in [0.5, 0.6) is 0 Å². The zero-order valence-electron chi connectivity index (χ0n) is 10.4. The molecule has 0 amide bonds. The zero-order valence-corrected chi connectivity index (χ0v) is 10.4. The molecule has 0 aromatic rings. The van der Waals surface area contributed by atoms with Crippen LogP contribution in [0.25, 0.3) is 0 Å². The van der Waals surface area contributed by atoms with Gasteiger partial charge in [-0.1, -0.05) is 18.7 Å². The first-order valence-electron chi connectivity index (χ1n) is 5.22. The third kappa shape index (κ3) is 7.24. The molecule has 0 heterocycles. The normalized spacial score (nSPS) is 12.8. The number of hydrogen-bond donors (Lipinski definition) is 1. The molecule has 0 spiro atoms. The van der Waals surface area contributed by atoms with Gasteiger partial charge in [0, 0.05) is 5.57 Å². The Balaban J connectivity index is 4.04. The van der Waals surface area contributed by atoms with Crippen molar-refractivity contribution in [1.82, 2.24) is 0 Å². The quantitative estimate of drug-likeness (QED) is 0.188. The van der Waals surface area contributed by atoms with Gasteiger partial charge in [-0.2, -0.15) is 0 Å². The molecule has 0 fully saturated rings.